The Hall–Kier alpha value is -1.43. The van der Waals surface area contributed by atoms with Gasteiger partial charge in [-0.05, 0) is 40.9 Å². The Morgan fingerprint density at radius 2 is 1.95 bits per heavy atom. The molecule has 1 saturated carbocycles. The summed E-state index contributed by atoms with van der Waals surface area (Å²) in [4.78, 5) is 23.4. The van der Waals surface area contributed by atoms with Gasteiger partial charge in [-0.3, -0.25) is 9.59 Å². The van der Waals surface area contributed by atoms with Gasteiger partial charge >= 0.3 is 5.97 Å². The molecule has 0 atom stereocenters. The number of hydrogen-bond donors (Lipinski definition) is 2. The van der Waals surface area contributed by atoms with Crippen molar-refractivity contribution in [1.82, 2.24) is 5.32 Å². The van der Waals surface area contributed by atoms with Gasteiger partial charge in [0.05, 0.1) is 22.0 Å². The van der Waals surface area contributed by atoms with Crippen LogP contribution in [0.2, 0.25) is 0 Å². The fourth-order valence-electron chi connectivity index (χ4n) is 2.85. The van der Waals surface area contributed by atoms with Gasteiger partial charge in [0.15, 0.2) is 0 Å². The highest BCUT2D eigenvalue weighted by molar-refractivity contribution is 9.10. The number of carboxylic acid groups (broad SMARTS) is 1. The minimum atomic E-state index is -0.952. The number of aliphatic carboxylic acids is 1. The SMILES string of the molecule is O=C(O)CC1(NC(=O)c2cccc(Br)c2F)CCCCC1. The average molecular weight is 358 g/mol. The van der Waals surface area contributed by atoms with E-state index in [4.69, 9.17) is 5.11 Å². The van der Waals surface area contributed by atoms with Crippen molar-refractivity contribution in [3.8, 4) is 0 Å². The Labute approximate surface area is 130 Å². The molecule has 0 aliphatic heterocycles. The second kappa shape index (κ2) is 6.56. The number of rotatable bonds is 4. The first kappa shape index (κ1) is 15.9. The molecular formula is C15H17BrFNO3. The highest BCUT2D eigenvalue weighted by Crippen LogP contribution is 2.32. The first-order valence-corrected chi connectivity index (χ1v) is 7.71. The molecule has 0 spiro atoms. The molecule has 6 heteroatoms. The van der Waals surface area contributed by atoms with E-state index in [9.17, 15) is 14.0 Å². The number of amides is 1. The monoisotopic (exact) mass is 357 g/mol. The molecule has 0 saturated heterocycles. The molecule has 1 fully saturated rings. The number of hydrogen-bond acceptors (Lipinski definition) is 2. The van der Waals surface area contributed by atoms with Crippen LogP contribution >= 0.6 is 15.9 Å². The molecule has 2 rings (SSSR count). The van der Waals surface area contributed by atoms with Gasteiger partial charge in [-0.1, -0.05) is 25.3 Å². The molecule has 1 aromatic rings. The summed E-state index contributed by atoms with van der Waals surface area (Å²) in [6, 6.07) is 4.49. The Kier molecular flexibility index (Phi) is 4.98. The van der Waals surface area contributed by atoms with Crippen LogP contribution in [0.1, 0.15) is 48.9 Å². The van der Waals surface area contributed by atoms with Gasteiger partial charge in [-0.15, -0.1) is 0 Å². The number of carboxylic acids is 1. The molecule has 1 aromatic carbocycles. The molecule has 0 bridgehead atoms. The van der Waals surface area contributed by atoms with Crippen LogP contribution in [0, 0.1) is 5.82 Å². The van der Waals surface area contributed by atoms with Crippen LogP contribution in [0.15, 0.2) is 22.7 Å². The van der Waals surface area contributed by atoms with Gasteiger partial charge in [0, 0.05) is 0 Å². The smallest absolute Gasteiger partial charge is 0.305 e. The van der Waals surface area contributed by atoms with Crippen LogP contribution in [0.25, 0.3) is 0 Å². The average Bonchev–Trinajstić information content (AvgIpc) is 2.41. The van der Waals surface area contributed by atoms with Crippen molar-refractivity contribution in [1.29, 1.82) is 0 Å². The van der Waals surface area contributed by atoms with E-state index in [1.807, 2.05) is 0 Å². The van der Waals surface area contributed by atoms with Crippen molar-refractivity contribution in [2.45, 2.75) is 44.1 Å². The van der Waals surface area contributed by atoms with Crippen LogP contribution in [0.5, 0.6) is 0 Å². The van der Waals surface area contributed by atoms with Crippen molar-refractivity contribution in [3.63, 3.8) is 0 Å². The lowest BCUT2D eigenvalue weighted by Crippen LogP contribution is -2.51. The topological polar surface area (TPSA) is 66.4 Å². The van der Waals surface area contributed by atoms with E-state index in [0.29, 0.717) is 12.8 Å². The summed E-state index contributed by atoms with van der Waals surface area (Å²) < 4.78 is 14.2. The van der Waals surface area contributed by atoms with Gasteiger partial charge in [0.2, 0.25) is 0 Å². The number of carbonyl (C=O) groups excluding carboxylic acids is 1. The minimum absolute atomic E-state index is 0.0697. The Bertz CT molecular complexity index is 556. The first-order valence-electron chi connectivity index (χ1n) is 6.92. The lowest BCUT2D eigenvalue weighted by molar-refractivity contribution is -0.139. The Morgan fingerprint density at radius 1 is 1.29 bits per heavy atom. The molecule has 4 nitrogen and oxygen atoms in total. The molecule has 0 radical (unpaired) electrons. The maximum Gasteiger partial charge on any atom is 0.305 e. The first-order chi connectivity index (χ1) is 9.93. The second-order valence-electron chi connectivity index (χ2n) is 5.47. The summed E-state index contributed by atoms with van der Waals surface area (Å²) in [5, 5.41) is 11.8. The van der Waals surface area contributed by atoms with Crippen LogP contribution < -0.4 is 5.32 Å². The van der Waals surface area contributed by atoms with Crippen LogP contribution in [-0.4, -0.2) is 22.5 Å². The fourth-order valence-corrected chi connectivity index (χ4v) is 3.22. The van der Waals surface area contributed by atoms with E-state index in [0.717, 1.165) is 19.3 Å². The molecule has 114 valence electrons. The predicted molar refractivity (Wildman–Crippen MR) is 79.6 cm³/mol. The van der Waals surface area contributed by atoms with E-state index in [1.54, 1.807) is 6.07 Å². The van der Waals surface area contributed by atoms with Gasteiger partial charge in [0.1, 0.15) is 5.82 Å². The summed E-state index contributed by atoms with van der Waals surface area (Å²) in [6.45, 7) is 0. The normalized spacial score (nSPS) is 17.2. The van der Waals surface area contributed by atoms with E-state index in [1.165, 1.54) is 12.1 Å². The van der Waals surface area contributed by atoms with Crippen molar-refractivity contribution in [3.05, 3.63) is 34.1 Å². The van der Waals surface area contributed by atoms with Crippen LogP contribution in [-0.2, 0) is 4.79 Å². The molecule has 0 aromatic heterocycles. The van der Waals surface area contributed by atoms with E-state index in [-0.39, 0.29) is 16.5 Å². The number of benzene rings is 1. The van der Waals surface area contributed by atoms with Crippen molar-refractivity contribution < 1.29 is 19.1 Å². The highest BCUT2D eigenvalue weighted by Gasteiger charge is 2.36. The van der Waals surface area contributed by atoms with Crippen LogP contribution in [0.4, 0.5) is 4.39 Å². The molecule has 0 unspecified atom stereocenters. The van der Waals surface area contributed by atoms with Crippen LogP contribution in [0.3, 0.4) is 0 Å². The third kappa shape index (κ3) is 3.81. The van der Waals surface area contributed by atoms with E-state index in [2.05, 4.69) is 21.2 Å². The maximum atomic E-state index is 14.0. The second-order valence-corrected chi connectivity index (χ2v) is 6.32. The molecule has 0 heterocycles. The third-order valence-electron chi connectivity index (χ3n) is 3.88. The summed E-state index contributed by atoms with van der Waals surface area (Å²) >= 11 is 3.04. The van der Waals surface area contributed by atoms with Gasteiger partial charge in [-0.25, -0.2) is 4.39 Å². The van der Waals surface area contributed by atoms with Crippen molar-refractivity contribution >= 4 is 27.8 Å². The van der Waals surface area contributed by atoms with E-state index < -0.39 is 23.2 Å². The molecule has 2 N–H and O–H groups in total. The quantitative estimate of drug-likeness (QED) is 0.866. The van der Waals surface area contributed by atoms with Gasteiger partial charge in [0.25, 0.3) is 5.91 Å². The zero-order valence-corrected chi connectivity index (χ0v) is 13.1. The maximum absolute atomic E-state index is 14.0. The highest BCUT2D eigenvalue weighted by atomic mass is 79.9. The number of halogens is 2. The fraction of sp³-hybridized carbons (Fsp3) is 0.467. The lowest BCUT2D eigenvalue weighted by Gasteiger charge is -2.37. The number of carbonyl (C=O) groups is 2. The molecule has 1 aliphatic rings. The number of nitrogens with one attached hydrogen (secondary N) is 1. The Balaban J connectivity index is 2.21. The summed E-state index contributed by atoms with van der Waals surface area (Å²) in [7, 11) is 0. The minimum Gasteiger partial charge on any atom is -0.481 e. The van der Waals surface area contributed by atoms with Gasteiger partial charge in [-0.2, -0.15) is 0 Å². The Morgan fingerprint density at radius 3 is 2.57 bits per heavy atom. The van der Waals surface area contributed by atoms with E-state index >= 15 is 0 Å². The summed E-state index contributed by atoms with van der Waals surface area (Å²) in [5.74, 6) is -2.14. The molecule has 21 heavy (non-hydrogen) atoms. The lowest BCUT2D eigenvalue weighted by atomic mass is 9.79. The summed E-state index contributed by atoms with van der Waals surface area (Å²) in [6.07, 6.45) is 3.86. The third-order valence-corrected chi connectivity index (χ3v) is 4.49. The van der Waals surface area contributed by atoms with Crippen molar-refractivity contribution in [2.24, 2.45) is 0 Å². The van der Waals surface area contributed by atoms with Crippen molar-refractivity contribution in [2.75, 3.05) is 0 Å². The standard InChI is InChI=1S/C15H17BrFNO3/c16-11-6-4-5-10(13(11)17)14(21)18-15(9-12(19)20)7-2-1-3-8-15/h4-6H,1-3,7-9H2,(H,18,21)(H,19,20). The molecule has 1 amide bonds. The predicted octanol–water partition coefficient (Wildman–Crippen LogP) is 3.50. The van der Waals surface area contributed by atoms with Gasteiger partial charge < -0.3 is 10.4 Å². The molecule has 1 aliphatic carbocycles. The zero-order valence-electron chi connectivity index (χ0n) is 11.5. The largest absolute Gasteiger partial charge is 0.481 e. The molecular weight excluding hydrogens is 341 g/mol. The zero-order chi connectivity index (χ0) is 15.5. The summed E-state index contributed by atoms with van der Waals surface area (Å²) in [5.41, 5.74) is -0.838.